The van der Waals surface area contributed by atoms with Crippen LogP contribution in [0.15, 0.2) is 0 Å². The summed E-state index contributed by atoms with van der Waals surface area (Å²) >= 11 is -2.38. The van der Waals surface area contributed by atoms with Gasteiger partial charge in [0.1, 0.15) is 0 Å². The summed E-state index contributed by atoms with van der Waals surface area (Å²) in [6.45, 7) is 0. The van der Waals surface area contributed by atoms with E-state index in [9.17, 15) is 9.00 Å². The average molecular weight is 167 g/mol. The Morgan fingerprint density at radius 3 is 2.00 bits per heavy atom. The Balaban J connectivity index is 4.27. The van der Waals surface area contributed by atoms with Gasteiger partial charge < -0.3 is 5.73 Å². The predicted octanol–water partition coefficient (Wildman–Crippen LogP) is -1.02. The molecule has 0 aliphatic heterocycles. The number of amides is 2. The topological polar surface area (TPSA) is 86.9 Å². The number of nitrogens with two attached hydrogens (primary N) is 1. The number of carbonyl (C=O) groups is 1. The molecule has 3 N–H and O–H groups in total. The highest BCUT2D eigenvalue weighted by molar-refractivity contribution is 7.77. The van der Waals surface area contributed by atoms with Gasteiger partial charge >= 0.3 is 6.03 Å². The fraction of sp³-hybridized carbons (Fsp3) is 0.667. The first-order valence-electron chi connectivity index (χ1n) is 2.34. The molecular formula is C3H9N3O3S. The molecule has 60 valence electrons. The van der Waals surface area contributed by atoms with Crippen molar-refractivity contribution in [3.8, 4) is 0 Å². The van der Waals surface area contributed by atoms with E-state index in [1.165, 1.54) is 14.1 Å². The van der Waals surface area contributed by atoms with Gasteiger partial charge in [0.15, 0.2) is 0 Å². The second kappa shape index (κ2) is 3.49. The molecule has 0 saturated heterocycles. The summed E-state index contributed by atoms with van der Waals surface area (Å²) in [5.41, 5.74) is 4.73. The molecule has 7 heteroatoms. The Kier molecular flexibility index (Phi) is 3.26. The number of carbonyl (C=O) groups excluding carboxylic acids is 1. The Labute approximate surface area is 61.0 Å². The third-order valence-electron chi connectivity index (χ3n) is 0.700. The lowest BCUT2D eigenvalue weighted by molar-refractivity contribution is 0.143. The molecule has 1 atom stereocenters. The Morgan fingerprint density at radius 1 is 1.60 bits per heavy atom. The van der Waals surface area contributed by atoms with Crippen LogP contribution in [0.4, 0.5) is 4.79 Å². The van der Waals surface area contributed by atoms with Crippen molar-refractivity contribution in [2.75, 3.05) is 14.1 Å². The lowest BCUT2D eigenvalue weighted by Gasteiger charge is -2.21. The zero-order valence-electron chi connectivity index (χ0n) is 5.64. The third-order valence-corrected chi connectivity index (χ3v) is 1.50. The van der Waals surface area contributed by atoms with Crippen LogP contribution in [0.1, 0.15) is 0 Å². The third kappa shape index (κ3) is 2.29. The van der Waals surface area contributed by atoms with Crippen LogP contribution in [0, 0.1) is 0 Å². The monoisotopic (exact) mass is 167 g/mol. The van der Waals surface area contributed by atoms with E-state index < -0.39 is 17.3 Å². The van der Waals surface area contributed by atoms with Gasteiger partial charge in [0.2, 0.25) is 0 Å². The van der Waals surface area contributed by atoms with Crippen LogP contribution in [-0.4, -0.2) is 38.3 Å². The summed E-state index contributed by atoms with van der Waals surface area (Å²) in [5, 5.41) is 1.12. The maximum atomic E-state index is 10.3. The van der Waals surface area contributed by atoms with Gasteiger partial charge in [-0.25, -0.2) is 14.0 Å². The minimum absolute atomic E-state index is 0.500. The van der Waals surface area contributed by atoms with Crippen LogP contribution in [0.25, 0.3) is 0 Å². The molecule has 0 aromatic rings. The van der Waals surface area contributed by atoms with Gasteiger partial charge in [0.25, 0.3) is 11.3 Å². The van der Waals surface area contributed by atoms with Crippen molar-refractivity contribution in [1.29, 1.82) is 0 Å². The van der Waals surface area contributed by atoms with E-state index in [1.54, 1.807) is 0 Å². The van der Waals surface area contributed by atoms with Crippen LogP contribution in [0.2, 0.25) is 0 Å². The largest absolute Gasteiger partial charge is 0.349 e. The Morgan fingerprint density at radius 2 is 2.00 bits per heavy atom. The van der Waals surface area contributed by atoms with Crippen molar-refractivity contribution in [3.63, 3.8) is 0 Å². The first-order valence-corrected chi connectivity index (χ1v) is 3.41. The first kappa shape index (κ1) is 9.34. The minimum atomic E-state index is -2.38. The summed E-state index contributed by atoms with van der Waals surface area (Å²) in [7, 11) is 2.86. The van der Waals surface area contributed by atoms with E-state index in [-0.39, 0.29) is 0 Å². The van der Waals surface area contributed by atoms with Crippen LogP contribution in [-0.2, 0) is 11.3 Å². The highest BCUT2D eigenvalue weighted by Gasteiger charge is 2.17. The highest BCUT2D eigenvalue weighted by Crippen LogP contribution is 1.92. The van der Waals surface area contributed by atoms with Crippen LogP contribution in [0.5, 0.6) is 0 Å². The lowest BCUT2D eigenvalue weighted by atomic mass is 11.0. The number of rotatable bonds is 2. The molecule has 0 spiro atoms. The van der Waals surface area contributed by atoms with Crippen LogP contribution >= 0.6 is 0 Å². The summed E-state index contributed by atoms with van der Waals surface area (Å²) < 4.78 is 19.2. The maximum absolute atomic E-state index is 10.3. The van der Waals surface area contributed by atoms with Gasteiger partial charge in [0.05, 0.1) is 0 Å². The number of urea groups is 1. The molecule has 0 rings (SSSR count). The Bertz CT molecular complexity index is 145. The summed E-state index contributed by atoms with van der Waals surface area (Å²) in [5.74, 6) is 0. The van der Waals surface area contributed by atoms with Crippen molar-refractivity contribution in [2.24, 2.45) is 5.73 Å². The molecule has 0 heterocycles. The summed E-state index contributed by atoms with van der Waals surface area (Å²) in [4.78, 5) is 10.3. The summed E-state index contributed by atoms with van der Waals surface area (Å²) in [6, 6.07) is -0.967. The van der Waals surface area contributed by atoms with Crippen molar-refractivity contribution >= 4 is 17.3 Å². The molecule has 0 aromatic heterocycles. The van der Waals surface area contributed by atoms with E-state index in [4.69, 9.17) is 10.3 Å². The number of hydrazine groups is 1. The van der Waals surface area contributed by atoms with Crippen molar-refractivity contribution in [2.45, 2.75) is 0 Å². The van der Waals surface area contributed by atoms with E-state index in [0.717, 1.165) is 5.01 Å². The van der Waals surface area contributed by atoms with E-state index in [0.29, 0.717) is 4.41 Å². The van der Waals surface area contributed by atoms with Gasteiger partial charge in [-0.3, -0.25) is 4.55 Å². The van der Waals surface area contributed by atoms with Gasteiger partial charge in [0, 0.05) is 14.1 Å². The van der Waals surface area contributed by atoms with E-state index in [2.05, 4.69) is 0 Å². The van der Waals surface area contributed by atoms with Crippen molar-refractivity contribution < 1.29 is 13.6 Å². The van der Waals surface area contributed by atoms with Crippen molar-refractivity contribution in [1.82, 2.24) is 9.42 Å². The molecule has 1 unspecified atom stereocenters. The van der Waals surface area contributed by atoms with Crippen LogP contribution in [0.3, 0.4) is 0 Å². The van der Waals surface area contributed by atoms with Crippen molar-refractivity contribution in [3.05, 3.63) is 0 Å². The average Bonchev–Trinajstić information content (AvgIpc) is 1.59. The molecule has 0 aliphatic carbocycles. The molecule has 6 nitrogen and oxygen atoms in total. The molecule has 0 bridgehead atoms. The zero-order chi connectivity index (χ0) is 8.31. The molecule has 2 amide bonds. The number of nitrogens with zero attached hydrogens (tertiary/aromatic N) is 2. The second-order valence-corrected chi connectivity index (χ2v) is 2.50. The Hall–Kier alpha value is -0.660. The molecule has 0 aliphatic rings. The quantitative estimate of drug-likeness (QED) is 0.407. The van der Waals surface area contributed by atoms with Crippen LogP contribution < -0.4 is 5.73 Å². The van der Waals surface area contributed by atoms with E-state index in [1.807, 2.05) is 0 Å². The standard InChI is InChI=1S/C3H9N3O3S/c1-5(2)6(3(4)7)10(8)9/h1-2H3,(H2,4,7)(H,8,9). The normalized spacial score (nSPS) is 13.2. The first-order chi connectivity index (χ1) is 4.46. The molecule has 0 aromatic carbocycles. The summed E-state index contributed by atoms with van der Waals surface area (Å²) in [6.07, 6.45) is 0. The fourth-order valence-electron chi connectivity index (χ4n) is 0.414. The van der Waals surface area contributed by atoms with Gasteiger partial charge in [-0.2, -0.15) is 0 Å². The van der Waals surface area contributed by atoms with Gasteiger partial charge in [-0.05, 0) is 0 Å². The molecule has 0 fully saturated rings. The lowest BCUT2D eigenvalue weighted by Crippen LogP contribution is -2.45. The number of hydrogen-bond acceptors (Lipinski definition) is 3. The number of hydrogen-bond donors (Lipinski definition) is 2. The fourth-order valence-corrected chi connectivity index (χ4v) is 0.847. The highest BCUT2D eigenvalue weighted by atomic mass is 32.2. The second-order valence-electron chi connectivity index (χ2n) is 1.69. The van der Waals surface area contributed by atoms with Gasteiger partial charge in [-0.1, -0.05) is 0 Å². The maximum Gasteiger partial charge on any atom is 0.343 e. The molecule has 0 saturated carbocycles. The van der Waals surface area contributed by atoms with E-state index >= 15 is 0 Å². The molecule has 0 radical (unpaired) electrons. The minimum Gasteiger partial charge on any atom is -0.349 e. The smallest absolute Gasteiger partial charge is 0.343 e. The van der Waals surface area contributed by atoms with Gasteiger partial charge in [-0.15, -0.1) is 4.41 Å². The molecular weight excluding hydrogens is 158 g/mol. The molecule has 10 heavy (non-hydrogen) atoms. The SMILES string of the molecule is CN(C)N(C(N)=O)S(=O)O. The number of primary amides is 1. The predicted molar refractivity (Wildman–Crippen MR) is 35.9 cm³/mol. The zero-order valence-corrected chi connectivity index (χ0v) is 6.46.